The third-order valence-corrected chi connectivity index (χ3v) is 5.29. The number of ether oxygens (including phenoxy) is 1. The van der Waals surface area contributed by atoms with Crippen molar-refractivity contribution in [2.45, 2.75) is 6.42 Å². The zero-order valence-corrected chi connectivity index (χ0v) is 20.1. The molecule has 0 atom stereocenters. The minimum absolute atomic E-state index is 0.00181. The normalized spacial score (nSPS) is 11.7. The maximum absolute atomic E-state index is 14.6. The fourth-order valence-corrected chi connectivity index (χ4v) is 3.30. The Kier molecular flexibility index (Phi) is 8.77. The molecule has 1 heterocycles. The number of rotatable bonds is 11. The van der Waals surface area contributed by atoms with Crippen molar-refractivity contribution >= 4 is 35.4 Å². The molecule has 2 aromatic carbocycles. The molecule has 38 heavy (non-hydrogen) atoms. The number of anilines is 2. The lowest BCUT2D eigenvalue weighted by atomic mass is 10.1. The molecule has 13 heteroatoms. The van der Waals surface area contributed by atoms with E-state index in [1.165, 1.54) is 35.3 Å². The van der Waals surface area contributed by atoms with Crippen molar-refractivity contribution in [3.8, 4) is 5.75 Å². The lowest BCUT2D eigenvalue weighted by Gasteiger charge is -2.14. The van der Waals surface area contributed by atoms with Crippen LogP contribution in [0.15, 0.2) is 60.8 Å². The number of aromatic nitrogens is 2. The van der Waals surface area contributed by atoms with Gasteiger partial charge in [-0.3, -0.25) is 14.2 Å². The van der Waals surface area contributed by atoms with Crippen LogP contribution in [-0.2, 0) is 11.2 Å². The molecular weight excluding hydrogens is 502 g/mol. The molecule has 198 valence electrons. The van der Waals surface area contributed by atoms with Crippen LogP contribution in [0, 0.1) is 11.6 Å². The zero-order valence-electron chi connectivity index (χ0n) is 20.1. The van der Waals surface area contributed by atoms with Gasteiger partial charge in [0.1, 0.15) is 18.0 Å². The number of carbonyl (C=O) groups is 3. The first kappa shape index (κ1) is 27.4. The van der Waals surface area contributed by atoms with Crippen LogP contribution in [0.2, 0.25) is 0 Å². The molecule has 0 spiro atoms. The van der Waals surface area contributed by atoms with Gasteiger partial charge in [0, 0.05) is 43.2 Å². The lowest BCUT2D eigenvalue weighted by Crippen LogP contribution is -2.21. The Hall–Kier alpha value is -5.20. The summed E-state index contributed by atoms with van der Waals surface area (Å²) in [5.41, 5.74) is 11.2. The average molecular weight is 527 g/mol. The summed E-state index contributed by atoms with van der Waals surface area (Å²) < 4.78 is 35.8. The molecule has 3 rings (SSSR count). The van der Waals surface area contributed by atoms with Crippen molar-refractivity contribution in [1.29, 1.82) is 0 Å². The number of carboxylic acid groups (broad SMARTS) is 1. The molecule has 11 nitrogen and oxygen atoms in total. The second-order valence-electron chi connectivity index (χ2n) is 7.77. The van der Waals surface area contributed by atoms with Crippen molar-refractivity contribution in [2.75, 3.05) is 24.3 Å². The Labute approximate surface area is 215 Å². The van der Waals surface area contributed by atoms with Crippen LogP contribution in [0.4, 0.5) is 20.2 Å². The topological polar surface area (TPSA) is 175 Å². The number of imidazole rings is 1. The van der Waals surface area contributed by atoms with Crippen LogP contribution in [-0.4, -0.2) is 46.5 Å². The molecule has 0 aliphatic carbocycles. The number of hydrogen-bond donors (Lipinski definition) is 5. The minimum atomic E-state index is -1.51. The molecule has 0 aliphatic heterocycles. The summed E-state index contributed by atoms with van der Waals surface area (Å²) in [5.74, 6) is -4.20. The molecule has 0 unspecified atom stereocenters. The predicted octanol–water partition coefficient (Wildman–Crippen LogP) is 2.57. The van der Waals surface area contributed by atoms with Gasteiger partial charge in [-0.1, -0.05) is 0 Å². The smallest absolute Gasteiger partial charge is 0.337 e. The van der Waals surface area contributed by atoms with Gasteiger partial charge in [0.05, 0.1) is 23.6 Å². The van der Waals surface area contributed by atoms with Gasteiger partial charge >= 0.3 is 5.97 Å². The van der Waals surface area contributed by atoms with Crippen molar-refractivity contribution in [2.24, 2.45) is 11.5 Å². The highest BCUT2D eigenvalue weighted by molar-refractivity contribution is 6.07. The average Bonchev–Trinajstić information content (AvgIpc) is 3.44. The lowest BCUT2D eigenvalue weighted by molar-refractivity contribution is -0.112. The van der Waals surface area contributed by atoms with Gasteiger partial charge in [0.25, 0.3) is 5.91 Å². The van der Waals surface area contributed by atoms with Crippen LogP contribution in [0.5, 0.6) is 5.75 Å². The van der Waals surface area contributed by atoms with Gasteiger partial charge < -0.3 is 31.9 Å². The number of aromatic carboxylic acids is 1. The first-order valence-electron chi connectivity index (χ1n) is 11.0. The molecule has 0 radical (unpaired) electrons. The van der Waals surface area contributed by atoms with E-state index in [1.807, 2.05) is 0 Å². The summed E-state index contributed by atoms with van der Waals surface area (Å²) in [4.78, 5) is 39.1. The molecule has 0 bridgehead atoms. The van der Waals surface area contributed by atoms with Crippen LogP contribution >= 0.6 is 0 Å². The Morgan fingerprint density at radius 2 is 1.89 bits per heavy atom. The second-order valence-corrected chi connectivity index (χ2v) is 7.77. The Morgan fingerprint density at radius 1 is 1.13 bits per heavy atom. The molecule has 0 aliphatic rings. The monoisotopic (exact) mass is 526 g/mol. The molecule has 0 fully saturated rings. The number of nitrogens with one attached hydrogen (secondary N) is 2. The summed E-state index contributed by atoms with van der Waals surface area (Å²) in [6.45, 7) is -0.197. The van der Waals surface area contributed by atoms with Crippen molar-refractivity contribution in [1.82, 2.24) is 9.55 Å². The molecule has 1 amide bonds. The summed E-state index contributed by atoms with van der Waals surface area (Å²) in [5, 5.41) is 14.5. The first-order valence-corrected chi connectivity index (χ1v) is 11.0. The molecule has 0 saturated heterocycles. The molecule has 3 aromatic rings. The second kappa shape index (κ2) is 12.2. The number of amides is 1. The number of carboxylic acids is 1. The standard InChI is InChI=1S/C25H24F2N6O5/c1-30-20-9-14(17(26)8-15(20)12-34)4-7-38-22-11-21(16(25(36)37)10-18(22)27)32-24(35)19(28)2-3-23(29)33-6-5-31-13-33/h2-3,5-6,8-13,30H,4,7,28-29H2,1H3,(H,32,35)(H,36,37)/b19-2-,23-3+. The molecular formula is C25H24F2N6O5. The van der Waals surface area contributed by atoms with E-state index in [0.29, 0.717) is 18.0 Å². The van der Waals surface area contributed by atoms with Gasteiger partial charge in [-0.15, -0.1) is 0 Å². The molecule has 7 N–H and O–H groups in total. The van der Waals surface area contributed by atoms with Crippen molar-refractivity contribution in [3.05, 3.63) is 89.2 Å². The van der Waals surface area contributed by atoms with Gasteiger partial charge in [0.2, 0.25) is 0 Å². The third-order valence-electron chi connectivity index (χ3n) is 5.29. The van der Waals surface area contributed by atoms with E-state index < -0.39 is 29.1 Å². The maximum atomic E-state index is 14.6. The van der Waals surface area contributed by atoms with E-state index in [4.69, 9.17) is 16.2 Å². The summed E-state index contributed by atoms with van der Waals surface area (Å²) in [6.07, 6.45) is 7.57. The number of nitrogens with zero attached hydrogens (tertiary/aromatic N) is 2. The summed E-state index contributed by atoms with van der Waals surface area (Å²) in [7, 11) is 1.57. The number of benzene rings is 2. The van der Waals surface area contributed by atoms with Gasteiger partial charge in [-0.05, 0) is 35.9 Å². The predicted molar refractivity (Wildman–Crippen MR) is 135 cm³/mol. The van der Waals surface area contributed by atoms with Crippen LogP contribution in [0.25, 0.3) is 5.82 Å². The number of nitrogens with two attached hydrogens (primary N) is 2. The molecule has 0 saturated carbocycles. The van der Waals surface area contributed by atoms with Crippen LogP contribution in [0.3, 0.4) is 0 Å². The van der Waals surface area contributed by atoms with Crippen LogP contribution < -0.4 is 26.8 Å². The fraction of sp³-hybridized carbons (Fsp3) is 0.120. The van der Waals surface area contributed by atoms with E-state index in [-0.39, 0.29) is 47.1 Å². The SMILES string of the molecule is CNc1cc(CCOc2cc(NC(=O)/C(N)=C/C=C(\N)n3ccnc3)c(C(=O)O)cc2F)c(F)cc1C=O. The van der Waals surface area contributed by atoms with E-state index in [2.05, 4.69) is 15.6 Å². The third kappa shape index (κ3) is 6.51. The Bertz CT molecular complexity index is 1420. The van der Waals surface area contributed by atoms with E-state index in [1.54, 1.807) is 13.2 Å². The number of halogens is 2. The Morgan fingerprint density at radius 3 is 2.53 bits per heavy atom. The first-order chi connectivity index (χ1) is 18.1. The van der Waals surface area contributed by atoms with Gasteiger partial charge in [0.15, 0.2) is 17.9 Å². The maximum Gasteiger partial charge on any atom is 0.337 e. The minimum Gasteiger partial charge on any atom is -0.490 e. The Balaban J connectivity index is 1.77. The number of allylic oxidation sites excluding steroid dienone is 2. The number of carbonyl (C=O) groups excluding carboxylic acids is 2. The number of hydrogen-bond acceptors (Lipinski definition) is 8. The largest absolute Gasteiger partial charge is 0.490 e. The van der Waals surface area contributed by atoms with Crippen molar-refractivity contribution in [3.63, 3.8) is 0 Å². The highest BCUT2D eigenvalue weighted by Gasteiger charge is 2.19. The van der Waals surface area contributed by atoms with Crippen molar-refractivity contribution < 1.29 is 33.0 Å². The quantitative estimate of drug-likeness (QED) is 0.143. The zero-order chi connectivity index (χ0) is 27.8. The highest BCUT2D eigenvalue weighted by atomic mass is 19.1. The fourth-order valence-electron chi connectivity index (χ4n) is 3.30. The highest BCUT2D eigenvalue weighted by Crippen LogP contribution is 2.28. The van der Waals surface area contributed by atoms with Gasteiger partial charge in [-0.2, -0.15) is 0 Å². The van der Waals surface area contributed by atoms with Crippen LogP contribution in [0.1, 0.15) is 26.3 Å². The van der Waals surface area contributed by atoms with Gasteiger partial charge in [-0.25, -0.2) is 18.6 Å². The summed E-state index contributed by atoms with van der Waals surface area (Å²) in [6, 6.07) is 4.18. The molecule has 1 aromatic heterocycles. The van der Waals surface area contributed by atoms with E-state index in [9.17, 15) is 28.3 Å². The summed E-state index contributed by atoms with van der Waals surface area (Å²) >= 11 is 0. The van der Waals surface area contributed by atoms with E-state index in [0.717, 1.165) is 12.1 Å². The van der Waals surface area contributed by atoms with E-state index >= 15 is 0 Å². The number of aldehydes is 1.